The van der Waals surface area contributed by atoms with Crippen molar-refractivity contribution in [2.24, 2.45) is 57.5 Å². The summed E-state index contributed by atoms with van der Waals surface area (Å²) in [5.74, 6) is 3.18. The highest BCUT2D eigenvalue weighted by atomic mass is 15.2. The van der Waals surface area contributed by atoms with E-state index in [2.05, 4.69) is 163 Å². The van der Waals surface area contributed by atoms with E-state index < -0.39 is 0 Å². The zero-order valence-corrected chi connectivity index (χ0v) is 31.1. The van der Waals surface area contributed by atoms with Gasteiger partial charge in [-0.15, -0.1) is 0 Å². The standard InChI is InChI=1S/C44H44N8/c1-41(2)17-9-25-26(10-18-41)34-45-33(25)49-35-27-11-19-42(3,4)21-13-29(27)37(46-35)51-39-31-15-23-44(7,8)24-16-32(31)40(48-39)52-38-30-14-22-43(5,6)20-12-28(30)36(47-38)50-34/h9-25,33,45H,1-8H3,(H,46,47,48,49,50,51,52). The number of rotatable bonds is 0. The third-order valence-corrected chi connectivity index (χ3v) is 10.7. The average Bonchev–Trinajstić information content (AvgIpc) is 3.62. The van der Waals surface area contributed by atoms with Gasteiger partial charge in [-0.3, -0.25) is 0 Å². The van der Waals surface area contributed by atoms with Crippen LogP contribution >= 0.6 is 0 Å². The lowest BCUT2D eigenvalue weighted by Crippen LogP contribution is -2.27. The van der Waals surface area contributed by atoms with Crippen molar-refractivity contribution in [1.29, 1.82) is 0 Å². The highest BCUT2D eigenvalue weighted by Gasteiger charge is 2.37. The monoisotopic (exact) mass is 684 g/mol. The van der Waals surface area contributed by atoms with Gasteiger partial charge in [0, 0.05) is 66.6 Å². The molecule has 0 saturated heterocycles. The summed E-state index contributed by atoms with van der Waals surface area (Å²) in [6.07, 6.45) is 34.8. The zero-order valence-electron chi connectivity index (χ0n) is 31.1. The summed E-state index contributed by atoms with van der Waals surface area (Å²) in [7, 11) is 0. The predicted molar refractivity (Wildman–Crippen MR) is 212 cm³/mol. The lowest BCUT2D eigenvalue weighted by Gasteiger charge is -2.16. The molecule has 0 fully saturated rings. The lowest BCUT2D eigenvalue weighted by molar-refractivity contribution is 0.551. The van der Waals surface area contributed by atoms with Crippen molar-refractivity contribution >= 4 is 35.5 Å². The second kappa shape index (κ2) is 11.0. The maximum atomic E-state index is 5.38. The van der Waals surface area contributed by atoms with E-state index in [1.807, 2.05) is 0 Å². The fourth-order valence-electron chi connectivity index (χ4n) is 7.32. The van der Waals surface area contributed by atoms with E-state index in [0.717, 1.165) is 44.8 Å². The molecule has 0 spiro atoms. The van der Waals surface area contributed by atoms with E-state index in [-0.39, 0.29) is 33.7 Å². The second-order valence-electron chi connectivity index (χ2n) is 17.2. The molecule has 8 aliphatic rings. The molecule has 4 aliphatic carbocycles. The van der Waals surface area contributed by atoms with Gasteiger partial charge in [-0.2, -0.15) is 0 Å². The van der Waals surface area contributed by atoms with E-state index >= 15 is 0 Å². The minimum atomic E-state index is -0.340. The van der Waals surface area contributed by atoms with Gasteiger partial charge in [-0.1, -0.05) is 153 Å². The molecule has 8 heteroatoms. The number of amidine groups is 4. The lowest BCUT2D eigenvalue weighted by atomic mass is 9.93. The van der Waals surface area contributed by atoms with E-state index in [9.17, 15) is 0 Å². The summed E-state index contributed by atoms with van der Waals surface area (Å²) in [5.41, 5.74) is 7.60. The van der Waals surface area contributed by atoms with E-state index in [1.54, 1.807) is 0 Å². The molecule has 260 valence electrons. The number of aliphatic imine (C=N–C) groups is 4. The van der Waals surface area contributed by atoms with Crippen LogP contribution in [0.15, 0.2) is 149 Å². The molecule has 1 aromatic rings. The molecule has 0 amide bonds. The van der Waals surface area contributed by atoms with Gasteiger partial charge in [-0.25, -0.2) is 30.0 Å². The number of nitrogens with zero attached hydrogens (tertiary/aromatic N) is 6. The highest BCUT2D eigenvalue weighted by Crippen LogP contribution is 2.39. The number of allylic oxidation sites excluding steroid dienone is 9. The van der Waals surface area contributed by atoms with Crippen LogP contribution < -0.4 is 16.3 Å². The molecule has 8 nitrogen and oxygen atoms in total. The number of aromatic amines is 1. The van der Waals surface area contributed by atoms with Crippen LogP contribution in [0.4, 0.5) is 0 Å². The van der Waals surface area contributed by atoms with Crippen molar-refractivity contribution in [3.63, 3.8) is 0 Å². The Labute approximate surface area is 305 Å². The summed E-state index contributed by atoms with van der Waals surface area (Å²) in [6.45, 7) is 17.6. The van der Waals surface area contributed by atoms with Gasteiger partial charge in [0.15, 0.2) is 23.3 Å². The van der Waals surface area contributed by atoms with Crippen molar-refractivity contribution in [3.8, 4) is 0 Å². The molecule has 8 bridgehead atoms. The predicted octanol–water partition coefficient (Wildman–Crippen LogP) is 7.76. The van der Waals surface area contributed by atoms with Crippen LogP contribution in [0.3, 0.4) is 0 Å². The first-order valence-corrected chi connectivity index (χ1v) is 18.2. The minimum absolute atomic E-state index is 0.0596. The van der Waals surface area contributed by atoms with Crippen LogP contribution in [0.5, 0.6) is 0 Å². The Kier molecular flexibility index (Phi) is 6.86. The van der Waals surface area contributed by atoms with Gasteiger partial charge in [-0.05, 0) is 0 Å². The van der Waals surface area contributed by atoms with Crippen LogP contribution in [0.25, 0.3) is 12.2 Å². The van der Waals surface area contributed by atoms with Crippen molar-refractivity contribution in [2.75, 3.05) is 0 Å². The molecule has 2 unspecified atom stereocenters. The molecule has 0 aromatic carbocycles. The van der Waals surface area contributed by atoms with Gasteiger partial charge in [0.2, 0.25) is 0 Å². The zero-order chi connectivity index (χ0) is 36.2. The van der Waals surface area contributed by atoms with Crippen LogP contribution in [-0.2, 0) is 0 Å². The number of nitrogens with one attached hydrogen (secondary N) is 2. The van der Waals surface area contributed by atoms with E-state index in [4.69, 9.17) is 30.0 Å². The molecule has 52 heavy (non-hydrogen) atoms. The molecule has 2 atom stereocenters. The second-order valence-corrected chi connectivity index (χ2v) is 17.2. The van der Waals surface area contributed by atoms with Crippen molar-refractivity contribution < 1.29 is 0 Å². The molecule has 0 radical (unpaired) electrons. The Morgan fingerprint density at radius 1 is 0.462 bits per heavy atom. The van der Waals surface area contributed by atoms with Gasteiger partial charge in [0.1, 0.15) is 23.0 Å². The Morgan fingerprint density at radius 2 is 0.885 bits per heavy atom. The normalized spacial score (nSPS) is 29.5. The van der Waals surface area contributed by atoms with Gasteiger partial charge in [0.05, 0.1) is 0 Å². The third-order valence-electron chi connectivity index (χ3n) is 10.7. The van der Waals surface area contributed by atoms with Crippen molar-refractivity contribution in [2.45, 2.75) is 61.6 Å². The molecule has 1 aromatic heterocycles. The summed E-state index contributed by atoms with van der Waals surface area (Å²) in [4.78, 5) is 35.1. The quantitative estimate of drug-likeness (QED) is 0.268. The first-order chi connectivity index (χ1) is 24.6. The molecular formula is C44H44N8. The fourth-order valence-corrected chi connectivity index (χ4v) is 7.32. The maximum absolute atomic E-state index is 5.38. The summed E-state index contributed by atoms with van der Waals surface area (Å²) in [6, 6.07) is 0. The number of hydrogen-bond donors (Lipinski definition) is 2. The topological polar surface area (TPSA) is 102 Å². The average molecular weight is 685 g/mol. The molecule has 5 heterocycles. The SMILES string of the molecule is CC1(C)C=CC2=C(C=C1)/C1=N/C3=C4C=CC(C)(C)C=CC4C(/N=C4\N=C(N=c5[nH]c(c6c5C=CC(C)(C)C=C6)=NC2=N1)C1=C4C=CC(C)(C)C=C1)N3. The Morgan fingerprint density at radius 3 is 1.42 bits per heavy atom. The molecule has 0 saturated carbocycles. The summed E-state index contributed by atoms with van der Waals surface area (Å²) in [5, 5.41) is 3.70. The van der Waals surface area contributed by atoms with Crippen LogP contribution in [0, 0.1) is 27.6 Å². The summed E-state index contributed by atoms with van der Waals surface area (Å²) < 4.78 is 0. The smallest absolute Gasteiger partial charge is 0.164 e. The van der Waals surface area contributed by atoms with Gasteiger partial charge < -0.3 is 10.3 Å². The minimum Gasteiger partial charge on any atom is -0.347 e. The van der Waals surface area contributed by atoms with Crippen LogP contribution in [0.2, 0.25) is 0 Å². The number of H-pyrrole nitrogens is 1. The van der Waals surface area contributed by atoms with E-state index in [0.29, 0.717) is 34.3 Å². The third kappa shape index (κ3) is 5.61. The van der Waals surface area contributed by atoms with E-state index in [1.165, 1.54) is 0 Å². The fraction of sp³-hybridized carbons (Fsp3) is 0.318. The molecule has 9 rings (SSSR count). The van der Waals surface area contributed by atoms with Crippen molar-refractivity contribution in [1.82, 2.24) is 10.3 Å². The number of fused-ring (bicyclic) bond motifs is 15. The first kappa shape index (κ1) is 32.4. The van der Waals surface area contributed by atoms with Crippen LogP contribution in [0.1, 0.15) is 66.5 Å². The number of aromatic nitrogens is 1. The summed E-state index contributed by atoms with van der Waals surface area (Å²) >= 11 is 0. The van der Waals surface area contributed by atoms with Gasteiger partial charge >= 0.3 is 0 Å². The largest absolute Gasteiger partial charge is 0.347 e. The Balaban J connectivity index is 1.36. The van der Waals surface area contributed by atoms with Gasteiger partial charge in [0.25, 0.3) is 0 Å². The first-order valence-electron chi connectivity index (χ1n) is 18.2. The maximum Gasteiger partial charge on any atom is 0.164 e. The molecular weight excluding hydrogens is 641 g/mol. The molecule has 4 aliphatic heterocycles. The highest BCUT2D eigenvalue weighted by molar-refractivity contribution is 6.24. The Hall–Kier alpha value is -5.50. The Bertz CT molecular complexity index is 2470. The van der Waals surface area contributed by atoms with Crippen LogP contribution in [-0.4, -0.2) is 34.5 Å². The van der Waals surface area contributed by atoms with Crippen molar-refractivity contribution in [3.05, 3.63) is 141 Å². The molecule has 2 N–H and O–H groups in total. The number of hydrogen-bond acceptors (Lipinski definition) is 7.